The van der Waals surface area contributed by atoms with E-state index in [1.165, 1.54) is 17.6 Å². The zero-order chi connectivity index (χ0) is 10.7. The van der Waals surface area contributed by atoms with E-state index in [1.54, 1.807) is 18.2 Å². The first kappa shape index (κ1) is 9.69. The quantitative estimate of drug-likeness (QED) is 0.743. The number of carbonyl (C=O) groups excluding carboxylic acids is 1. The number of hydrogen-bond acceptors (Lipinski definition) is 4. The summed E-state index contributed by atoms with van der Waals surface area (Å²) in [6.45, 7) is 0. The van der Waals surface area contributed by atoms with Gasteiger partial charge in [0.15, 0.2) is 5.76 Å². The van der Waals surface area contributed by atoms with E-state index in [0.717, 1.165) is 4.88 Å². The summed E-state index contributed by atoms with van der Waals surface area (Å²) in [5.41, 5.74) is 0. The lowest BCUT2D eigenvalue weighted by Gasteiger charge is -2.02. The van der Waals surface area contributed by atoms with Crippen molar-refractivity contribution in [3.05, 3.63) is 46.5 Å². The molecular weight excluding hydrogens is 210 g/mol. The first-order valence-corrected chi connectivity index (χ1v) is 5.21. The van der Waals surface area contributed by atoms with Crippen molar-refractivity contribution in [3.63, 3.8) is 0 Å². The van der Waals surface area contributed by atoms with Crippen LogP contribution in [0, 0.1) is 11.3 Å². The van der Waals surface area contributed by atoms with Crippen molar-refractivity contribution in [1.29, 1.82) is 5.26 Å². The topological polar surface area (TPSA) is 54.0 Å². The highest BCUT2D eigenvalue weighted by atomic mass is 32.1. The molecule has 0 aliphatic rings. The van der Waals surface area contributed by atoms with E-state index < -0.39 is 5.92 Å². The molecule has 2 aromatic rings. The first-order chi connectivity index (χ1) is 7.33. The summed E-state index contributed by atoms with van der Waals surface area (Å²) in [6, 6.07) is 8.79. The number of hydrogen-bond donors (Lipinski definition) is 0. The van der Waals surface area contributed by atoms with Crippen LogP contribution in [0.4, 0.5) is 0 Å². The molecule has 0 aromatic carbocycles. The smallest absolute Gasteiger partial charge is 0.220 e. The van der Waals surface area contributed by atoms with Crippen molar-refractivity contribution < 1.29 is 9.21 Å². The molecule has 74 valence electrons. The molecule has 1 atom stereocenters. The van der Waals surface area contributed by atoms with E-state index in [-0.39, 0.29) is 11.5 Å². The summed E-state index contributed by atoms with van der Waals surface area (Å²) in [6.07, 6.45) is 1.43. The van der Waals surface area contributed by atoms with Gasteiger partial charge in [-0.2, -0.15) is 5.26 Å². The van der Waals surface area contributed by atoms with Crippen molar-refractivity contribution >= 4 is 17.1 Å². The summed E-state index contributed by atoms with van der Waals surface area (Å²) in [5.74, 6) is -0.809. The lowest BCUT2D eigenvalue weighted by atomic mass is 10.0. The van der Waals surface area contributed by atoms with Gasteiger partial charge in [0.1, 0.15) is 5.92 Å². The first-order valence-electron chi connectivity index (χ1n) is 4.33. The monoisotopic (exact) mass is 217 g/mol. The van der Waals surface area contributed by atoms with Gasteiger partial charge in [-0.1, -0.05) is 6.07 Å². The molecule has 15 heavy (non-hydrogen) atoms. The van der Waals surface area contributed by atoms with Gasteiger partial charge in [-0.15, -0.1) is 11.3 Å². The van der Waals surface area contributed by atoms with Gasteiger partial charge in [0.05, 0.1) is 12.3 Å². The average molecular weight is 217 g/mol. The number of thiophene rings is 1. The number of Topliss-reactive ketones (excluding diaryl/α,β-unsaturated/α-hetero) is 1. The minimum absolute atomic E-state index is 0.231. The number of rotatable bonds is 3. The van der Waals surface area contributed by atoms with E-state index in [2.05, 4.69) is 0 Å². The summed E-state index contributed by atoms with van der Waals surface area (Å²) in [7, 11) is 0. The van der Waals surface area contributed by atoms with Crippen LogP contribution in [-0.2, 0) is 0 Å². The molecular formula is C11H7NO2S. The van der Waals surface area contributed by atoms with Crippen LogP contribution in [0.3, 0.4) is 0 Å². The van der Waals surface area contributed by atoms with Gasteiger partial charge in [0, 0.05) is 4.88 Å². The number of nitrogens with zero attached hydrogens (tertiary/aromatic N) is 1. The van der Waals surface area contributed by atoms with Crippen molar-refractivity contribution in [1.82, 2.24) is 0 Å². The predicted octanol–water partition coefficient (Wildman–Crippen LogP) is 2.83. The molecule has 4 heteroatoms. The van der Waals surface area contributed by atoms with Crippen LogP contribution in [0.1, 0.15) is 21.3 Å². The molecule has 0 radical (unpaired) electrons. The Balaban J connectivity index is 2.30. The lowest BCUT2D eigenvalue weighted by Crippen LogP contribution is -2.08. The Morgan fingerprint density at radius 1 is 1.47 bits per heavy atom. The fourth-order valence-corrected chi connectivity index (χ4v) is 2.04. The third-order valence-corrected chi connectivity index (χ3v) is 2.92. The summed E-state index contributed by atoms with van der Waals surface area (Å²) < 4.78 is 4.98. The van der Waals surface area contributed by atoms with Gasteiger partial charge in [0.25, 0.3) is 0 Å². The minimum atomic E-state index is -0.754. The second-order valence-electron chi connectivity index (χ2n) is 2.92. The van der Waals surface area contributed by atoms with Gasteiger partial charge in [-0.25, -0.2) is 0 Å². The molecule has 0 fully saturated rings. The third kappa shape index (κ3) is 1.83. The fourth-order valence-electron chi connectivity index (χ4n) is 1.27. The van der Waals surface area contributed by atoms with Gasteiger partial charge >= 0.3 is 0 Å². The van der Waals surface area contributed by atoms with Crippen molar-refractivity contribution in [3.8, 4) is 6.07 Å². The lowest BCUT2D eigenvalue weighted by molar-refractivity contribution is 0.0953. The van der Waals surface area contributed by atoms with Gasteiger partial charge in [-0.05, 0) is 23.6 Å². The second-order valence-corrected chi connectivity index (χ2v) is 3.90. The standard InChI is InChI=1S/C11H7NO2S/c12-7-8(10-4-2-6-15-10)11(13)9-3-1-5-14-9/h1-6,8H. The molecule has 2 aromatic heterocycles. The Morgan fingerprint density at radius 2 is 2.33 bits per heavy atom. The van der Waals surface area contributed by atoms with Crippen LogP contribution in [-0.4, -0.2) is 5.78 Å². The summed E-state index contributed by atoms with van der Waals surface area (Å²) >= 11 is 1.40. The Kier molecular flexibility index (Phi) is 2.66. The van der Waals surface area contributed by atoms with E-state index in [4.69, 9.17) is 9.68 Å². The largest absolute Gasteiger partial charge is 0.461 e. The van der Waals surface area contributed by atoms with E-state index >= 15 is 0 Å². The molecule has 3 nitrogen and oxygen atoms in total. The number of ketones is 1. The second kappa shape index (κ2) is 4.11. The molecule has 0 saturated carbocycles. The van der Waals surface area contributed by atoms with E-state index in [9.17, 15) is 4.79 Å². The zero-order valence-electron chi connectivity index (χ0n) is 7.71. The highest BCUT2D eigenvalue weighted by Crippen LogP contribution is 2.24. The van der Waals surface area contributed by atoms with Crippen molar-refractivity contribution in [2.45, 2.75) is 5.92 Å². The van der Waals surface area contributed by atoms with Crippen LogP contribution in [0.15, 0.2) is 40.3 Å². The van der Waals surface area contributed by atoms with Gasteiger partial charge < -0.3 is 4.42 Å². The molecule has 0 aliphatic carbocycles. The maximum absolute atomic E-state index is 11.8. The number of furan rings is 1. The van der Waals surface area contributed by atoms with Crippen LogP contribution >= 0.6 is 11.3 Å². The third-order valence-electron chi connectivity index (χ3n) is 1.98. The molecule has 1 unspecified atom stereocenters. The molecule has 0 amide bonds. The van der Waals surface area contributed by atoms with Gasteiger partial charge in [-0.3, -0.25) is 4.79 Å². The summed E-state index contributed by atoms with van der Waals surface area (Å²) in [4.78, 5) is 12.6. The zero-order valence-corrected chi connectivity index (χ0v) is 8.53. The van der Waals surface area contributed by atoms with E-state index in [0.29, 0.717) is 0 Å². The van der Waals surface area contributed by atoms with Gasteiger partial charge in [0.2, 0.25) is 5.78 Å². The van der Waals surface area contributed by atoms with Crippen molar-refractivity contribution in [2.24, 2.45) is 0 Å². The molecule has 0 aliphatic heterocycles. The molecule has 2 heterocycles. The molecule has 0 spiro atoms. The number of carbonyl (C=O) groups is 1. The molecule has 2 rings (SSSR count). The Bertz CT molecular complexity index is 479. The van der Waals surface area contributed by atoms with Crippen LogP contribution in [0.2, 0.25) is 0 Å². The normalized spacial score (nSPS) is 11.9. The summed E-state index contributed by atoms with van der Waals surface area (Å²) in [5, 5.41) is 10.8. The fraction of sp³-hybridized carbons (Fsp3) is 0.0909. The SMILES string of the molecule is N#CC(C(=O)c1ccco1)c1cccs1. The molecule has 0 saturated heterocycles. The van der Waals surface area contributed by atoms with Crippen LogP contribution in [0.5, 0.6) is 0 Å². The average Bonchev–Trinajstić information content (AvgIpc) is 2.91. The maximum Gasteiger partial charge on any atom is 0.220 e. The highest BCUT2D eigenvalue weighted by molar-refractivity contribution is 7.10. The highest BCUT2D eigenvalue weighted by Gasteiger charge is 2.24. The Morgan fingerprint density at radius 3 is 2.87 bits per heavy atom. The predicted molar refractivity (Wildman–Crippen MR) is 55.7 cm³/mol. The van der Waals surface area contributed by atoms with E-state index in [1.807, 2.05) is 17.5 Å². The van der Waals surface area contributed by atoms with Crippen molar-refractivity contribution in [2.75, 3.05) is 0 Å². The van der Waals surface area contributed by atoms with Crippen LogP contribution in [0.25, 0.3) is 0 Å². The number of nitriles is 1. The minimum Gasteiger partial charge on any atom is -0.461 e. The molecule has 0 N–H and O–H groups in total. The maximum atomic E-state index is 11.8. The Labute approximate surface area is 90.6 Å². The Hall–Kier alpha value is -1.86. The molecule has 0 bridgehead atoms. The van der Waals surface area contributed by atoms with Crippen LogP contribution < -0.4 is 0 Å².